The molecule has 1 fully saturated rings. The Morgan fingerprint density at radius 3 is 2.85 bits per heavy atom. The lowest BCUT2D eigenvalue weighted by Crippen LogP contribution is -1.92. The first kappa shape index (κ1) is 7.39. The number of rotatable bonds is 1. The lowest BCUT2D eigenvalue weighted by molar-refractivity contribution is 0.767. The van der Waals surface area contributed by atoms with Crippen molar-refractivity contribution < 1.29 is 0 Å². The van der Waals surface area contributed by atoms with Crippen molar-refractivity contribution in [3.05, 3.63) is 29.5 Å². The second-order valence-corrected chi connectivity index (χ2v) is 3.81. The Balaban J connectivity index is 2.35. The summed E-state index contributed by atoms with van der Waals surface area (Å²) in [6.45, 7) is 0. The molecule has 0 N–H and O–H groups in total. The minimum absolute atomic E-state index is 0.597. The molecular formula is C10H9ClN2. The molecule has 3 heteroatoms. The number of hydrogen-bond acceptors (Lipinski definition) is 1. The van der Waals surface area contributed by atoms with E-state index in [0.717, 1.165) is 11.0 Å². The highest BCUT2D eigenvalue weighted by molar-refractivity contribution is 6.29. The van der Waals surface area contributed by atoms with Gasteiger partial charge in [-0.15, -0.1) is 0 Å². The maximum atomic E-state index is 6.05. The van der Waals surface area contributed by atoms with Crippen molar-refractivity contribution in [1.82, 2.24) is 9.55 Å². The van der Waals surface area contributed by atoms with Crippen LogP contribution in [-0.4, -0.2) is 9.55 Å². The fourth-order valence-electron chi connectivity index (χ4n) is 1.70. The second kappa shape index (κ2) is 2.48. The molecule has 0 bridgehead atoms. The van der Waals surface area contributed by atoms with Gasteiger partial charge in [-0.1, -0.05) is 12.1 Å². The van der Waals surface area contributed by atoms with Crippen LogP contribution in [0, 0.1) is 0 Å². The Morgan fingerprint density at radius 2 is 2.08 bits per heavy atom. The van der Waals surface area contributed by atoms with E-state index in [1.807, 2.05) is 18.2 Å². The highest BCUT2D eigenvalue weighted by Crippen LogP contribution is 2.39. The fourth-order valence-corrected chi connectivity index (χ4v) is 2.02. The van der Waals surface area contributed by atoms with Gasteiger partial charge < -0.3 is 4.57 Å². The van der Waals surface area contributed by atoms with Gasteiger partial charge in [-0.3, -0.25) is 0 Å². The number of halogens is 1. The van der Waals surface area contributed by atoms with Gasteiger partial charge in [0.1, 0.15) is 0 Å². The van der Waals surface area contributed by atoms with Crippen molar-refractivity contribution in [2.75, 3.05) is 0 Å². The summed E-state index contributed by atoms with van der Waals surface area (Å²) < 4.78 is 2.14. The summed E-state index contributed by atoms with van der Waals surface area (Å²) in [5, 5.41) is 0.628. The Hall–Kier alpha value is -1.02. The van der Waals surface area contributed by atoms with Crippen LogP contribution in [0.25, 0.3) is 11.0 Å². The number of aromatic nitrogens is 2. The first-order valence-corrected chi connectivity index (χ1v) is 4.86. The van der Waals surface area contributed by atoms with E-state index in [1.54, 1.807) is 0 Å². The van der Waals surface area contributed by atoms with Gasteiger partial charge in [0.2, 0.25) is 5.28 Å². The zero-order valence-electron chi connectivity index (χ0n) is 7.07. The summed E-state index contributed by atoms with van der Waals surface area (Å²) in [6, 6.07) is 8.69. The summed E-state index contributed by atoms with van der Waals surface area (Å²) in [5.74, 6) is 0. The maximum Gasteiger partial charge on any atom is 0.204 e. The van der Waals surface area contributed by atoms with Gasteiger partial charge in [0.05, 0.1) is 11.0 Å². The molecule has 66 valence electrons. The van der Waals surface area contributed by atoms with Crippen molar-refractivity contribution in [2.45, 2.75) is 18.9 Å². The van der Waals surface area contributed by atoms with E-state index < -0.39 is 0 Å². The predicted octanol–water partition coefficient (Wildman–Crippen LogP) is 3.02. The minimum Gasteiger partial charge on any atom is -0.312 e. The number of nitrogens with zero attached hydrogens (tertiary/aromatic N) is 2. The summed E-state index contributed by atoms with van der Waals surface area (Å²) in [6.07, 6.45) is 2.47. The topological polar surface area (TPSA) is 17.8 Å². The second-order valence-electron chi connectivity index (χ2n) is 3.47. The largest absolute Gasteiger partial charge is 0.312 e. The Bertz CT molecular complexity index is 457. The van der Waals surface area contributed by atoms with Crippen LogP contribution in [0.2, 0.25) is 5.28 Å². The average molecular weight is 193 g/mol. The van der Waals surface area contributed by atoms with Crippen LogP contribution in [0.15, 0.2) is 24.3 Å². The first-order chi connectivity index (χ1) is 6.36. The van der Waals surface area contributed by atoms with E-state index >= 15 is 0 Å². The minimum atomic E-state index is 0.597. The molecule has 2 nitrogen and oxygen atoms in total. The van der Waals surface area contributed by atoms with Crippen molar-refractivity contribution in [2.24, 2.45) is 0 Å². The number of imidazole rings is 1. The van der Waals surface area contributed by atoms with Crippen LogP contribution in [0.4, 0.5) is 0 Å². The van der Waals surface area contributed by atoms with Gasteiger partial charge in [0.15, 0.2) is 0 Å². The molecule has 0 aliphatic heterocycles. The predicted molar refractivity (Wildman–Crippen MR) is 53.0 cm³/mol. The molecule has 1 aliphatic carbocycles. The Morgan fingerprint density at radius 1 is 1.31 bits per heavy atom. The number of fused-ring (bicyclic) bond motifs is 1. The summed E-state index contributed by atoms with van der Waals surface area (Å²) in [7, 11) is 0. The molecule has 0 spiro atoms. The van der Waals surface area contributed by atoms with E-state index in [-0.39, 0.29) is 0 Å². The van der Waals surface area contributed by atoms with E-state index in [9.17, 15) is 0 Å². The zero-order chi connectivity index (χ0) is 8.84. The maximum absolute atomic E-state index is 6.05. The molecule has 2 aromatic rings. The van der Waals surface area contributed by atoms with E-state index in [4.69, 9.17) is 11.6 Å². The molecule has 3 rings (SSSR count). The Labute approximate surface area is 81.1 Å². The lowest BCUT2D eigenvalue weighted by atomic mass is 10.3. The molecule has 1 heterocycles. The quantitative estimate of drug-likeness (QED) is 0.679. The van der Waals surface area contributed by atoms with Crippen molar-refractivity contribution in [1.29, 1.82) is 0 Å². The summed E-state index contributed by atoms with van der Waals surface area (Å²) in [4.78, 5) is 4.30. The van der Waals surface area contributed by atoms with Gasteiger partial charge in [0, 0.05) is 6.04 Å². The molecule has 13 heavy (non-hydrogen) atoms. The van der Waals surface area contributed by atoms with Crippen LogP contribution in [0.3, 0.4) is 0 Å². The lowest BCUT2D eigenvalue weighted by Gasteiger charge is -2.00. The van der Waals surface area contributed by atoms with Crippen molar-refractivity contribution in [3.63, 3.8) is 0 Å². The van der Waals surface area contributed by atoms with Crippen LogP contribution in [0.1, 0.15) is 18.9 Å². The van der Waals surface area contributed by atoms with Crippen molar-refractivity contribution in [3.8, 4) is 0 Å². The smallest absolute Gasteiger partial charge is 0.204 e. The van der Waals surface area contributed by atoms with Crippen LogP contribution in [0.5, 0.6) is 0 Å². The Kier molecular flexibility index (Phi) is 1.41. The normalized spacial score (nSPS) is 16.7. The molecule has 1 aromatic carbocycles. The number of hydrogen-bond donors (Lipinski definition) is 0. The SMILES string of the molecule is Clc1nc2ccccc2n1C1CC1. The average Bonchev–Trinajstić information content (AvgIpc) is 2.88. The van der Waals surface area contributed by atoms with Gasteiger partial charge in [-0.25, -0.2) is 4.98 Å². The standard InChI is InChI=1S/C10H9ClN2/c11-10-12-8-3-1-2-4-9(8)13(10)7-5-6-7/h1-4,7H,5-6H2. The highest BCUT2D eigenvalue weighted by Gasteiger charge is 2.27. The highest BCUT2D eigenvalue weighted by atomic mass is 35.5. The molecule has 0 saturated heterocycles. The van der Waals surface area contributed by atoms with Crippen molar-refractivity contribution >= 4 is 22.6 Å². The van der Waals surface area contributed by atoms with Gasteiger partial charge >= 0.3 is 0 Å². The summed E-state index contributed by atoms with van der Waals surface area (Å²) in [5.41, 5.74) is 2.16. The monoisotopic (exact) mass is 192 g/mol. The molecule has 0 radical (unpaired) electrons. The van der Waals surface area contributed by atoms with E-state index in [0.29, 0.717) is 11.3 Å². The van der Waals surface area contributed by atoms with Crippen LogP contribution >= 0.6 is 11.6 Å². The van der Waals surface area contributed by atoms with E-state index in [2.05, 4.69) is 15.6 Å². The number of para-hydroxylation sites is 2. The van der Waals surface area contributed by atoms with Gasteiger partial charge in [-0.2, -0.15) is 0 Å². The molecule has 1 saturated carbocycles. The summed E-state index contributed by atoms with van der Waals surface area (Å²) >= 11 is 6.05. The number of benzene rings is 1. The van der Waals surface area contributed by atoms with Crippen LogP contribution in [-0.2, 0) is 0 Å². The molecule has 0 unspecified atom stereocenters. The third-order valence-electron chi connectivity index (χ3n) is 2.46. The van der Waals surface area contributed by atoms with E-state index in [1.165, 1.54) is 12.8 Å². The van der Waals surface area contributed by atoms with Crippen LogP contribution < -0.4 is 0 Å². The molecule has 0 atom stereocenters. The molecule has 1 aliphatic rings. The van der Waals surface area contributed by atoms with Gasteiger partial charge in [-0.05, 0) is 36.6 Å². The molecule has 1 aromatic heterocycles. The van der Waals surface area contributed by atoms with Gasteiger partial charge in [0.25, 0.3) is 0 Å². The fraction of sp³-hybridized carbons (Fsp3) is 0.300. The zero-order valence-corrected chi connectivity index (χ0v) is 7.83. The third kappa shape index (κ3) is 1.05. The first-order valence-electron chi connectivity index (χ1n) is 4.49. The third-order valence-corrected chi connectivity index (χ3v) is 2.73. The molecule has 0 amide bonds. The molecular weight excluding hydrogens is 184 g/mol.